The van der Waals surface area contributed by atoms with Crippen LogP contribution in [-0.2, 0) is 24.0 Å². The van der Waals surface area contributed by atoms with E-state index in [0.29, 0.717) is 11.1 Å². The number of carbonyl (C=O) groups excluding carboxylic acids is 4. The molecule has 1 heterocycles. The molecule has 5 rings (SSSR count). The van der Waals surface area contributed by atoms with E-state index in [-0.39, 0.29) is 66.4 Å². The molecule has 0 spiro atoms. The topological polar surface area (TPSA) is 129 Å². The van der Waals surface area contributed by atoms with Gasteiger partial charge >= 0.3 is 5.97 Å². The summed E-state index contributed by atoms with van der Waals surface area (Å²) in [6.45, 7) is 1.54. The number of likely N-dealkylation sites (tertiary alicyclic amines) is 1. The second-order valence-corrected chi connectivity index (χ2v) is 9.76. The van der Waals surface area contributed by atoms with Gasteiger partial charge in [-0.3, -0.25) is 28.9 Å². The van der Waals surface area contributed by atoms with Gasteiger partial charge < -0.3 is 10.2 Å². The van der Waals surface area contributed by atoms with E-state index in [1.54, 1.807) is 6.92 Å². The predicted octanol–water partition coefficient (Wildman–Crippen LogP) is 2.83. The summed E-state index contributed by atoms with van der Waals surface area (Å²) in [5.41, 5.74) is 1.84. The van der Waals surface area contributed by atoms with E-state index in [0.717, 1.165) is 11.0 Å². The number of rotatable bonds is 5. The fraction of sp³-hybridized carbons (Fsp3) is 0.370. The third-order valence-corrected chi connectivity index (χ3v) is 7.73. The van der Waals surface area contributed by atoms with Gasteiger partial charge in [-0.1, -0.05) is 17.7 Å². The number of halogens is 1. The maximum atomic E-state index is 14.4. The Hall–Kier alpha value is -3.88. The van der Waals surface area contributed by atoms with Crippen LogP contribution in [0.5, 0.6) is 5.75 Å². The van der Waals surface area contributed by atoms with Crippen molar-refractivity contribution in [3.63, 3.8) is 0 Å². The molecule has 2 amide bonds. The molecule has 36 heavy (non-hydrogen) atoms. The van der Waals surface area contributed by atoms with Crippen LogP contribution >= 0.6 is 0 Å². The van der Waals surface area contributed by atoms with E-state index in [1.165, 1.54) is 18.2 Å². The van der Waals surface area contributed by atoms with Crippen LogP contribution in [0.15, 0.2) is 52.6 Å². The second-order valence-electron chi connectivity index (χ2n) is 9.76. The number of imide groups is 1. The lowest BCUT2D eigenvalue weighted by molar-refractivity contribution is -0.142. The van der Waals surface area contributed by atoms with Crippen molar-refractivity contribution in [3.05, 3.63) is 64.0 Å². The molecule has 4 aliphatic rings. The summed E-state index contributed by atoms with van der Waals surface area (Å²) >= 11 is 0. The van der Waals surface area contributed by atoms with Crippen LogP contribution < -0.4 is 0 Å². The van der Waals surface area contributed by atoms with Crippen molar-refractivity contribution >= 4 is 29.4 Å². The molecular formula is C27H24FNO7. The summed E-state index contributed by atoms with van der Waals surface area (Å²) in [4.78, 5) is 64.8. The average molecular weight is 493 g/mol. The number of aliphatic carboxylic acids is 1. The summed E-state index contributed by atoms with van der Waals surface area (Å²) in [7, 11) is 0. The number of amides is 2. The Kier molecular flexibility index (Phi) is 5.73. The third kappa shape index (κ3) is 3.61. The number of nitrogens with zero attached hydrogens (tertiary/aromatic N) is 1. The highest BCUT2D eigenvalue weighted by atomic mass is 19.1. The van der Waals surface area contributed by atoms with E-state index in [4.69, 9.17) is 5.11 Å². The summed E-state index contributed by atoms with van der Waals surface area (Å²) in [5.74, 6) is -6.61. The van der Waals surface area contributed by atoms with Crippen LogP contribution in [-0.4, -0.2) is 51.0 Å². The molecular weight excluding hydrogens is 469 g/mol. The molecule has 1 saturated heterocycles. The summed E-state index contributed by atoms with van der Waals surface area (Å²) in [6.07, 6.45) is 3.40. The number of hydrogen-bond donors (Lipinski definition) is 2. The molecule has 4 atom stereocenters. The van der Waals surface area contributed by atoms with Gasteiger partial charge in [-0.25, -0.2) is 4.39 Å². The molecule has 0 aromatic heterocycles. The summed E-state index contributed by atoms with van der Waals surface area (Å²) < 4.78 is 14.4. The minimum Gasteiger partial charge on any atom is -0.505 e. The molecule has 186 valence electrons. The normalized spacial score (nSPS) is 27.4. The van der Waals surface area contributed by atoms with Gasteiger partial charge in [0.25, 0.3) is 0 Å². The van der Waals surface area contributed by atoms with Crippen LogP contribution in [0.4, 0.5) is 4.39 Å². The summed E-state index contributed by atoms with van der Waals surface area (Å²) in [5, 5.41) is 18.6. The molecule has 3 aliphatic carbocycles. The van der Waals surface area contributed by atoms with Crippen molar-refractivity contribution in [2.75, 3.05) is 6.54 Å². The number of carboxylic acid groups (broad SMARTS) is 1. The van der Waals surface area contributed by atoms with Gasteiger partial charge in [-0.15, -0.1) is 0 Å². The lowest BCUT2D eigenvalue weighted by Gasteiger charge is -2.42. The number of carbonyl (C=O) groups is 5. The highest BCUT2D eigenvalue weighted by molar-refractivity contribution is 6.23. The average Bonchev–Trinajstić information content (AvgIpc) is 3.08. The van der Waals surface area contributed by atoms with E-state index < -0.39 is 47.1 Å². The van der Waals surface area contributed by atoms with E-state index in [1.807, 2.05) is 6.08 Å². The summed E-state index contributed by atoms with van der Waals surface area (Å²) in [6, 6.07) is 3.81. The first-order valence-electron chi connectivity index (χ1n) is 11.9. The molecule has 0 bridgehead atoms. The highest BCUT2D eigenvalue weighted by Gasteiger charge is 2.56. The van der Waals surface area contributed by atoms with Crippen molar-refractivity contribution in [1.82, 2.24) is 4.90 Å². The molecule has 1 aromatic rings. The Morgan fingerprint density at radius 2 is 1.89 bits per heavy atom. The molecule has 2 N–H and O–H groups in total. The van der Waals surface area contributed by atoms with Crippen molar-refractivity contribution in [1.29, 1.82) is 0 Å². The fourth-order valence-electron chi connectivity index (χ4n) is 6.14. The van der Waals surface area contributed by atoms with Crippen molar-refractivity contribution in [2.45, 2.75) is 38.5 Å². The Morgan fingerprint density at radius 3 is 2.58 bits per heavy atom. The Bertz CT molecular complexity index is 1340. The van der Waals surface area contributed by atoms with Crippen LogP contribution in [0.2, 0.25) is 0 Å². The maximum Gasteiger partial charge on any atom is 0.303 e. The number of Topliss-reactive ketones (excluding diaryl/α,β-unsaturated/α-hetero) is 1. The first-order valence-corrected chi connectivity index (χ1v) is 11.9. The molecule has 1 fully saturated rings. The number of carboxylic acids is 1. The highest BCUT2D eigenvalue weighted by Crippen LogP contribution is 2.55. The first kappa shape index (κ1) is 23.8. The van der Waals surface area contributed by atoms with Crippen molar-refractivity contribution in [2.24, 2.45) is 17.8 Å². The SMILES string of the molecule is CC1=CC(=O)C2=C(CC3C(=CCC4C(=O)N(CCCC(=O)O)C(=O)C43)C2c2ccc(O)c(F)c2)C1=O. The quantitative estimate of drug-likeness (QED) is 0.367. The number of allylic oxidation sites excluding steroid dienone is 6. The zero-order chi connectivity index (χ0) is 25.9. The minimum atomic E-state index is -1.02. The van der Waals surface area contributed by atoms with E-state index in [9.17, 15) is 33.5 Å². The zero-order valence-corrected chi connectivity index (χ0v) is 19.5. The molecule has 9 heteroatoms. The molecule has 1 aliphatic heterocycles. The molecule has 1 aromatic carbocycles. The molecule has 0 saturated carbocycles. The predicted molar refractivity (Wildman–Crippen MR) is 123 cm³/mol. The van der Waals surface area contributed by atoms with Crippen LogP contribution in [0.25, 0.3) is 0 Å². The van der Waals surface area contributed by atoms with Crippen LogP contribution in [0.1, 0.15) is 44.1 Å². The van der Waals surface area contributed by atoms with Gasteiger partial charge in [-0.05, 0) is 55.9 Å². The first-order chi connectivity index (χ1) is 17.1. The molecule has 0 radical (unpaired) electrons. The van der Waals surface area contributed by atoms with Crippen LogP contribution in [0, 0.1) is 23.6 Å². The zero-order valence-electron chi connectivity index (χ0n) is 19.5. The Labute approximate surface area is 205 Å². The van der Waals surface area contributed by atoms with Gasteiger partial charge in [0.1, 0.15) is 0 Å². The largest absolute Gasteiger partial charge is 0.505 e. The smallest absolute Gasteiger partial charge is 0.303 e. The van der Waals surface area contributed by atoms with Gasteiger partial charge in [-0.2, -0.15) is 0 Å². The lowest BCUT2D eigenvalue weighted by atomic mass is 9.59. The van der Waals surface area contributed by atoms with Gasteiger partial charge in [0.05, 0.1) is 11.8 Å². The lowest BCUT2D eigenvalue weighted by Crippen LogP contribution is -2.39. The molecule has 4 unspecified atom stereocenters. The number of ketones is 2. The van der Waals surface area contributed by atoms with Gasteiger partial charge in [0.2, 0.25) is 11.8 Å². The van der Waals surface area contributed by atoms with Gasteiger partial charge in [0, 0.05) is 35.6 Å². The maximum absolute atomic E-state index is 14.4. The third-order valence-electron chi connectivity index (χ3n) is 7.73. The van der Waals surface area contributed by atoms with Crippen molar-refractivity contribution < 1.29 is 38.6 Å². The number of aromatic hydroxyl groups is 1. The number of phenolic OH excluding ortho intramolecular Hbond substituents is 1. The number of hydrogen-bond acceptors (Lipinski definition) is 6. The molecule has 8 nitrogen and oxygen atoms in total. The van der Waals surface area contributed by atoms with Crippen LogP contribution in [0.3, 0.4) is 0 Å². The fourth-order valence-corrected chi connectivity index (χ4v) is 6.14. The van der Waals surface area contributed by atoms with E-state index >= 15 is 0 Å². The second kappa shape index (κ2) is 8.65. The Morgan fingerprint density at radius 1 is 1.14 bits per heavy atom. The number of phenols is 1. The van der Waals surface area contributed by atoms with Gasteiger partial charge in [0.15, 0.2) is 23.1 Å². The number of benzene rings is 1. The minimum absolute atomic E-state index is 0.00116. The standard InChI is InChI=1S/C27H24FNO7/c1-12-9-20(31)24-17(25(12)34)11-16-14(22(24)13-4-7-19(30)18(28)10-13)5-6-15-23(16)27(36)29(26(15)35)8-2-3-21(32)33/h4-5,7,9-10,15-16,22-23,30H,2-3,6,8,11H2,1H3,(H,32,33). The Balaban J connectivity index is 1.58. The van der Waals surface area contributed by atoms with Crippen molar-refractivity contribution in [3.8, 4) is 5.75 Å². The van der Waals surface area contributed by atoms with E-state index in [2.05, 4.69) is 0 Å². The monoisotopic (exact) mass is 493 g/mol. The number of fused-ring (bicyclic) bond motifs is 3.